The lowest BCUT2D eigenvalue weighted by Gasteiger charge is -2.26. The Labute approximate surface area is 103 Å². The van der Waals surface area contributed by atoms with E-state index in [4.69, 9.17) is 5.73 Å². The van der Waals surface area contributed by atoms with Crippen LogP contribution in [0.5, 0.6) is 0 Å². The molecule has 0 spiro atoms. The van der Waals surface area contributed by atoms with Crippen molar-refractivity contribution < 1.29 is 4.79 Å². The van der Waals surface area contributed by atoms with Gasteiger partial charge >= 0.3 is 0 Å². The lowest BCUT2D eigenvalue weighted by Crippen LogP contribution is -2.39. The molecule has 3 N–H and O–H groups in total. The third-order valence-corrected chi connectivity index (χ3v) is 3.03. The first-order valence-electron chi connectivity index (χ1n) is 5.92. The van der Waals surface area contributed by atoms with E-state index in [0.717, 1.165) is 11.4 Å². The van der Waals surface area contributed by atoms with Gasteiger partial charge in [-0.15, -0.1) is 0 Å². The maximum absolute atomic E-state index is 11.9. The Morgan fingerprint density at radius 1 is 1.35 bits per heavy atom. The maximum Gasteiger partial charge on any atom is 0.240 e. The Balaban J connectivity index is 2.63. The number of nitrogens with two attached hydrogens (primary N) is 1. The van der Waals surface area contributed by atoms with Gasteiger partial charge in [-0.25, -0.2) is 0 Å². The zero-order valence-electron chi connectivity index (χ0n) is 11.4. The molecule has 0 aliphatic heterocycles. The van der Waals surface area contributed by atoms with Crippen molar-refractivity contribution in [3.63, 3.8) is 0 Å². The molecule has 0 fully saturated rings. The molecule has 0 aliphatic rings. The summed E-state index contributed by atoms with van der Waals surface area (Å²) in [5, 5.41) is 0. The van der Waals surface area contributed by atoms with E-state index in [2.05, 4.69) is 5.43 Å². The molecule has 1 aromatic heterocycles. The second kappa shape index (κ2) is 4.92. The Morgan fingerprint density at radius 3 is 2.24 bits per heavy atom. The highest BCUT2D eigenvalue weighted by molar-refractivity contribution is 5.84. The minimum Gasteiger partial charge on any atom is -0.327 e. The summed E-state index contributed by atoms with van der Waals surface area (Å²) in [7, 11) is 0. The third kappa shape index (κ3) is 3.60. The van der Waals surface area contributed by atoms with Crippen LogP contribution in [0.2, 0.25) is 0 Å². The van der Waals surface area contributed by atoms with Gasteiger partial charge in [0.25, 0.3) is 0 Å². The smallest absolute Gasteiger partial charge is 0.240 e. The fourth-order valence-corrected chi connectivity index (χ4v) is 1.52. The summed E-state index contributed by atoms with van der Waals surface area (Å²) >= 11 is 0. The van der Waals surface area contributed by atoms with E-state index in [1.807, 2.05) is 46.8 Å². The molecule has 0 saturated carbocycles. The zero-order chi connectivity index (χ0) is 13.2. The zero-order valence-corrected chi connectivity index (χ0v) is 11.4. The van der Waals surface area contributed by atoms with Gasteiger partial charge in [0.15, 0.2) is 0 Å². The predicted octanol–water partition coefficient (Wildman–Crippen LogP) is 1.94. The molecule has 1 atom stereocenters. The Hall–Kier alpha value is -1.29. The number of aromatic nitrogens is 1. The summed E-state index contributed by atoms with van der Waals surface area (Å²) in [5.74, 6) is -0.0465. The van der Waals surface area contributed by atoms with Crippen molar-refractivity contribution in [1.29, 1.82) is 0 Å². The molecule has 1 amide bonds. The van der Waals surface area contributed by atoms with E-state index in [0.29, 0.717) is 6.42 Å². The molecule has 96 valence electrons. The van der Waals surface area contributed by atoms with E-state index in [-0.39, 0.29) is 17.4 Å². The van der Waals surface area contributed by atoms with Crippen LogP contribution in [0.25, 0.3) is 0 Å². The summed E-state index contributed by atoms with van der Waals surface area (Å²) in [6.45, 7) is 10.0. The van der Waals surface area contributed by atoms with E-state index in [1.54, 1.807) is 4.68 Å². The van der Waals surface area contributed by atoms with Crippen molar-refractivity contribution in [1.82, 2.24) is 4.68 Å². The summed E-state index contributed by atoms with van der Waals surface area (Å²) in [5.41, 5.74) is 10.8. The number of carbonyl (C=O) groups excluding carboxylic acids is 1. The maximum atomic E-state index is 11.9. The number of hydrogen-bond donors (Lipinski definition) is 2. The fraction of sp³-hybridized carbons (Fsp3) is 0.615. The van der Waals surface area contributed by atoms with Gasteiger partial charge in [-0.1, -0.05) is 20.8 Å². The van der Waals surface area contributed by atoms with Crippen LogP contribution >= 0.6 is 0 Å². The average molecular weight is 237 g/mol. The number of nitrogens with zero attached hydrogens (tertiary/aromatic N) is 1. The van der Waals surface area contributed by atoms with Crippen LogP contribution in [0.3, 0.4) is 0 Å². The molecule has 0 radical (unpaired) electrons. The lowest BCUT2D eigenvalue weighted by molar-refractivity contribution is -0.118. The minimum atomic E-state index is -0.140. The number of hydrogen-bond acceptors (Lipinski definition) is 2. The summed E-state index contributed by atoms with van der Waals surface area (Å²) in [6, 6.07) is 3.80. The summed E-state index contributed by atoms with van der Waals surface area (Å²) < 4.78 is 1.79. The van der Waals surface area contributed by atoms with Gasteiger partial charge in [-0.05, 0) is 31.4 Å². The van der Waals surface area contributed by atoms with E-state index in [9.17, 15) is 4.79 Å². The van der Waals surface area contributed by atoms with Crippen molar-refractivity contribution in [3.8, 4) is 0 Å². The normalized spacial score (nSPS) is 13.5. The average Bonchev–Trinajstić information content (AvgIpc) is 2.48. The first kappa shape index (κ1) is 13.8. The fourth-order valence-electron chi connectivity index (χ4n) is 1.52. The molecule has 1 rings (SSSR count). The predicted molar refractivity (Wildman–Crippen MR) is 70.3 cm³/mol. The highest BCUT2D eigenvalue weighted by Crippen LogP contribution is 2.19. The van der Waals surface area contributed by atoms with Gasteiger partial charge in [-0.3, -0.25) is 14.9 Å². The van der Waals surface area contributed by atoms with Crippen LogP contribution in [0, 0.1) is 19.3 Å². The number of rotatable bonds is 3. The van der Waals surface area contributed by atoms with E-state index in [1.165, 1.54) is 0 Å². The molecular weight excluding hydrogens is 214 g/mol. The molecule has 0 aliphatic carbocycles. The van der Waals surface area contributed by atoms with Crippen molar-refractivity contribution in [2.45, 2.75) is 47.1 Å². The quantitative estimate of drug-likeness (QED) is 0.844. The molecule has 17 heavy (non-hydrogen) atoms. The number of carbonyl (C=O) groups is 1. The third-order valence-electron chi connectivity index (χ3n) is 3.03. The number of amides is 1. The van der Waals surface area contributed by atoms with Crippen molar-refractivity contribution in [3.05, 3.63) is 23.5 Å². The first-order chi connectivity index (χ1) is 7.71. The van der Waals surface area contributed by atoms with Gasteiger partial charge in [-0.2, -0.15) is 0 Å². The van der Waals surface area contributed by atoms with Crippen LogP contribution in [0.1, 0.15) is 38.6 Å². The Bertz CT molecular complexity index is 382. The van der Waals surface area contributed by atoms with Gasteiger partial charge in [0.05, 0.1) is 0 Å². The molecule has 1 heterocycles. The lowest BCUT2D eigenvalue weighted by atomic mass is 9.85. The molecule has 1 unspecified atom stereocenters. The standard InChI is InChI=1S/C13H23N3O/c1-9-6-7-10(2)16(9)15-12(17)8-11(14)13(3,4)5/h6-7,11H,8,14H2,1-5H3,(H,15,17). The first-order valence-corrected chi connectivity index (χ1v) is 5.92. The SMILES string of the molecule is Cc1ccc(C)n1NC(=O)CC(N)C(C)(C)C. The largest absolute Gasteiger partial charge is 0.327 e. The van der Waals surface area contributed by atoms with E-state index < -0.39 is 0 Å². The molecule has 0 saturated heterocycles. The second-order valence-corrected chi connectivity index (χ2v) is 5.66. The van der Waals surface area contributed by atoms with Gasteiger partial charge in [0.2, 0.25) is 5.91 Å². The van der Waals surface area contributed by atoms with Crippen LogP contribution in [0.4, 0.5) is 0 Å². The van der Waals surface area contributed by atoms with Crippen LogP contribution < -0.4 is 11.2 Å². The van der Waals surface area contributed by atoms with Crippen LogP contribution in [-0.2, 0) is 4.79 Å². The molecule has 0 aromatic carbocycles. The van der Waals surface area contributed by atoms with Crippen molar-refractivity contribution in [2.24, 2.45) is 11.1 Å². The van der Waals surface area contributed by atoms with Crippen LogP contribution in [-0.4, -0.2) is 16.6 Å². The van der Waals surface area contributed by atoms with Crippen molar-refractivity contribution in [2.75, 3.05) is 5.43 Å². The minimum absolute atomic E-state index is 0.0465. The monoisotopic (exact) mass is 237 g/mol. The number of nitrogens with one attached hydrogen (secondary N) is 1. The summed E-state index contributed by atoms with van der Waals surface area (Å²) in [4.78, 5) is 11.9. The van der Waals surface area contributed by atoms with Gasteiger partial charge in [0, 0.05) is 23.9 Å². The topological polar surface area (TPSA) is 60.0 Å². The number of aryl methyl sites for hydroxylation is 2. The second-order valence-electron chi connectivity index (χ2n) is 5.66. The van der Waals surface area contributed by atoms with E-state index >= 15 is 0 Å². The molecule has 0 bridgehead atoms. The van der Waals surface area contributed by atoms with Gasteiger partial charge in [0.1, 0.15) is 0 Å². The Morgan fingerprint density at radius 2 is 1.82 bits per heavy atom. The van der Waals surface area contributed by atoms with Crippen LogP contribution in [0.15, 0.2) is 12.1 Å². The highest BCUT2D eigenvalue weighted by Gasteiger charge is 2.23. The van der Waals surface area contributed by atoms with Crippen molar-refractivity contribution >= 4 is 5.91 Å². The molecule has 1 aromatic rings. The molecule has 4 heteroatoms. The highest BCUT2D eigenvalue weighted by atomic mass is 16.2. The summed E-state index contributed by atoms with van der Waals surface area (Å²) in [6.07, 6.45) is 0.334. The Kier molecular flexibility index (Phi) is 3.98. The molecular formula is C13H23N3O. The molecule has 4 nitrogen and oxygen atoms in total. The van der Waals surface area contributed by atoms with Gasteiger partial charge < -0.3 is 5.73 Å².